The van der Waals surface area contributed by atoms with Crippen molar-refractivity contribution < 1.29 is 14.3 Å². The first kappa shape index (κ1) is 13.1. The maximum Gasteiger partial charge on any atom is 0.261 e. The van der Waals surface area contributed by atoms with Gasteiger partial charge in [-0.2, -0.15) is 0 Å². The van der Waals surface area contributed by atoms with Gasteiger partial charge in [0.05, 0.1) is 36.5 Å². The third-order valence-electron chi connectivity index (χ3n) is 3.07. The molecule has 2 heterocycles. The van der Waals surface area contributed by atoms with Crippen LogP contribution in [0.5, 0.6) is 5.75 Å². The van der Waals surface area contributed by atoms with Gasteiger partial charge in [0.1, 0.15) is 5.75 Å². The summed E-state index contributed by atoms with van der Waals surface area (Å²) in [7, 11) is 1.55. The summed E-state index contributed by atoms with van der Waals surface area (Å²) in [5.41, 5.74) is 1.52. The topological polar surface area (TPSA) is 60.5 Å². The number of carbonyl (C=O) groups excluding carboxylic acids is 1. The molecule has 6 heteroatoms. The number of methoxy groups -OCH3 is 1. The standard InChI is InChI=1S/C14H14N2O3S/c1-18-11-5-3-2-4-9(11)13(17)16-14-15-10-6-7-19-8-12(10)20-14/h2-5H,6-8H2,1H3,(H,15,16,17). The van der Waals surface area contributed by atoms with Gasteiger partial charge in [0, 0.05) is 6.42 Å². The number of para-hydroxylation sites is 1. The van der Waals surface area contributed by atoms with Crippen molar-refractivity contribution in [1.82, 2.24) is 4.98 Å². The van der Waals surface area contributed by atoms with Crippen LogP contribution >= 0.6 is 11.3 Å². The highest BCUT2D eigenvalue weighted by Crippen LogP contribution is 2.28. The maximum atomic E-state index is 12.3. The van der Waals surface area contributed by atoms with E-state index in [9.17, 15) is 4.79 Å². The van der Waals surface area contributed by atoms with Gasteiger partial charge in [-0.1, -0.05) is 23.5 Å². The number of hydrogen-bond donors (Lipinski definition) is 1. The summed E-state index contributed by atoms with van der Waals surface area (Å²) in [5, 5.41) is 3.43. The molecular weight excluding hydrogens is 276 g/mol. The molecule has 5 nitrogen and oxygen atoms in total. The molecule has 1 N–H and O–H groups in total. The molecule has 0 unspecified atom stereocenters. The number of hydrogen-bond acceptors (Lipinski definition) is 5. The fraction of sp³-hybridized carbons (Fsp3) is 0.286. The van der Waals surface area contributed by atoms with Crippen molar-refractivity contribution in [1.29, 1.82) is 0 Å². The molecule has 1 aromatic heterocycles. The Labute approximate surface area is 120 Å². The minimum Gasteiger partial charge on any atom is -0.496 e. The van der Waals surface area contributed by atoms with E-state index in [1.807, 2.05) is 6.07 Å². The zero-order chi connectivity index (χ0) is 13.9. The van der Waals surface area contributed by atoms with Gasteiger partial charge in [-0.05, 0) is 12.1 Å². The normalized spacial score (nSPS) is 13.7. The monoisotopic (exact) mass is 290 g/mol. The third kappa shape index (κ3) is 2.52. The fourth-order valence-corrected chi connectivity index (χ4v) is 3.02. The molecule has 2 aromatic rings. The maximum absolute atomic E-state index is 12.3. The number of nitrogens with zero attached hydrogens (tertiary/aromatic N) is 1. The number of anilines is 1. The molecule has 0 atom stereocenters. The Morgan fingerprint density at radius 3 is 3.10 bits per heavy atom. The molecule has 0 saturated carbocycles. The summed E-state index contributed by atoms with van der Waals surface area (Å²) in [4.78, 5) is 17.8. The molecule has 104 valence electrons. The second-order valence-electron chi connectivity index (χ2n) is 4.35. The summed E-state index contributed by atoms with van der Waals surface area (Å²) >= 11 is 1.46. The Morgan fingerprint density at radius 2 is 2.30 bits per heavy atom. The minimum absolute atomic E-state index is 0.213. The van der Waals surface area contributed by atoms with E-state index in [1.54, 1.807) is 25.3 Å². The van der Waals surface area contributed by atoms with E-state index in [2.05, 4.69) is 10.3 Å². The second-order valence-corrected chi connectivity index (χ2v) is 5.43. The van der Waals surface area contributed by atoms with E-state index in [4.69, 9.17) is 9.47 Å². The lowest BCUT2D eigenvalue weighted by Gasteiger charge is -2.08. The first-order valence-corrected chi connectivity index (χ1v) is 7.10. The van der Waals surface area contributed by atoms with Crippen LogP contribution in [0.15, 0.2) is 24.3 Å². The second kappa shape index (κ2) is 5.60. The van der Waals surface area contributed by atoms with Gasteiger partial charge in [0.25, 0.3) is 5.91 Å². The molecule has 0 fully saturated rings. The number of nitrogens with one attached hydrogen (secondary N) is 1. The number of amides is 1. The molecule has 1 aromatic carbocycles. The summed E-state index contributed by atoms with van der Waals surface area (Å²) < 4.78 is 10.6. The van der Waals surface area contributed by atoms with Crippen LogP contribution in [0.3, 0.4) is 0 Å². The molecule has 1 amide bonds. The number of rotatable bonds is 3. The molecule has 20 heavy (non-hydrogen) atoms. The zero-order valence-electron chi connectivity index (χ0n) is 11.0. The summed E-state index contributed by atoms with van der Waals surface area (Å²) in [6.07, 6.45) is 0.802. The number of thiazole rings is 1. The molecule has 0 radical (unpaired) electrons. The number of benzene rings is 1. The number of aromatic nitrogens is 1. The van der Waals surface area contributed by atoms with Gasteiger partial charge in [-0.25, -0.2) is 4.98 Å². The van der Waals surface area contributed by atoms with Crippen molar-refractivity contribution in [2.24, 2.45) is 0 Å². The quantitative estimate of drug-likeness (QED) is 0.943. The molecule has 3 rings (SSSR count). The highest BCUT2D eigenvalue weighted by molar-refractivity contribution is 7.15. The van der Waals surface area contributed by atoms with E-state index < -0.39 is 0 Å². The largest absolute Gasteiger partial charge is 0.496 e. The Kier molecular flexibility index (Phi) is 3.66. The van der Waals surface area contributed by atoms with Gasteiger partial charge < -0.3 is 9.47 Å². The van der Waals surface area contributed by atoms with Gasteiger partial charge in [0.15, 0.2) is 5.13 Å². The first-order valence-electron chi connectivity index (χ1n) is 6.28. The lowest BCUT2D eigenvalue weighted by atomic mass is 10.2. The summed E-state index contributed by atoms with van der Waals surface area (Å²) in [6, 6.07) is 7.12. The highest BCUT2D eigenvalue weighted by atomic mass is 32.1. The van der Waals surface area contributed by atoms with Crippen LogP contribution in [0.25, 0.3) is 0 Å². The lowest BCUT2D eigenvalue weighted by Crippen LogP contribution is -2.13. The predicted octanol–water partition coefficient (Wildman–Crippen LogP) is 2.48. The number of fused-ring (bicyclic) bond motifs is 1. The van der Waals surface area contributed by atoms with Crippen LogP contribution in [0.1, 0.15) is 20.9 Å². The van der Waals surface area contributed by atoms with E-state index in [0.717, 1.165) is 17.0 Å². The van der Waals surface area contributed by atoms with Crippen molar-refractivity contribution in [2.45, 2.75) is 13.0 Å². The van der Waals surface area contributed by atoms with Gasteiger partial charge >= 0.3 is 0 Å². The smallest absolute Gasteiger partial charge is 0.261 e. The first-order chi connectivity index (χ1) is 9.78. The number of carbonyl (C=O) groups is 1. The Bertz CT molecular complexity index is 616. The fourth-order valence-electron chi connectivity index (χ4n) is 2.08. The zero-order valence-corrected chi connectivity index (χ0v) is 11.8. The van der Waals surface area contributed by atoms with E-state index >= 15 is 0 Å². The average molecular weight is 290 g/mol. The van der Waals surface area contributed by atoms with Crippen molar-refractivity contribution in [3.63, 3.8) is 0 Å². The van der Waals surface area contributed by atoms with Gasteiger partial charge in [-0.15, -0.1) is 0 Å². The molecule has 0 aliphatic carbocycles. The lowest BCUT2D eigenvalue weighted by molar-refractivity contribution is 0.102. The highest BCUT2D eigenvalue weighted by Gasteiger charge is 2.18. The molecule has 1 aliphatic rings. The van der Waals surface area contributed by atoms with Crippen LogP contribution < -0.4 is 10.1 Å². The summed E-state index contributed by atoms with van der Waals surface area (Å²) in [6.45, 7) is 1.27. The van der Waals surface area contributed by atoms with Crippen molar-refractivity contribution >= 4 is 22.4 Å². The third-order valence-corrected chi connectivity index (χ3v) is 4.05. The molecule has 0 spiro atoms. The van der Waals surface area contributed by atoms with Crippen LogP contribution in [0.2, 0.25) is 0 Å². The van der Waals surface area contributed by atoms with Crippen molar-refractivity contribution in [3.05, 3.63) is 40.4 Å². The van der Waals surface area contributed by atoms with E-state index in [0.29, 0.717) is 29.7 Å². The van der Waals surface area contributed by atoms with Crippen LogP contribution in [0.4, 0.5) is 5.13 Å². The Hall–Kier alpha value is -1.92. The predicted molar refractivity (Wildman–Crippen MR) is 76.4 cm³/mol. The van der Waals surface area contributed by atoms with E-state index in [1.165, 1.54) is 11.3 Å². The van der Waals surface area contributed by atoms with E-state index in [-0.39, 0.29) is 5.91 Å². The Balaban J connectivity index is 1.80. The minimum atomic E-state index is -0.213. The van der Waals surface area contributed by atoms with Gasteiger partial charge in [-0.3, -0.25) is 10.1 Å². The number of ether oxygens (including phenoxy) is 2. The van der Waals surface area contributed by atoms with Crippen LogP contribution in [-0.4, -0.2) is 24.6 Å². The molecule has 1 aliphatic heterocycles. The van der Waals surface area contributed by atoms with Crippen LogP contribution in [0, 0.1) is 0 Å². The SMILES string of the molecule is COc1ccccc1C(=O)Nc1nc2c(s1)COCC2. The molecule has 0 saturated heterocycles. The molecular formula is C14H14N2O3S. The average Bonchev–Trinajstić information content (AvgIpc) is 2.89. The van der Waals surface area contributed by atoms with Crippen molar-refractivity contribution in [2.75, 3.05) is 19.0 Å². The van der Waals surface area contributed by atoms with Crippen molar-refractivity contribution in [3.8, 4) is 5.75 Å². The Morgan fingerprint density at radius 1 is 1.45 bits per heavy atom. The summed E-state index contributed by atoms with van der Waals surface area (Å²) in [5.74, 6) is 0.337. The molecule has 0 bridgehead atoms. The van der Waals surface area contributed by atoms with Crippen LogP contribution in [-0.2, 0) is 17.8 Å². The van der Waals surface area contributed by atoms with Gasteiger partial charge in [0.2, 0.25) is 0 Å².